The van der Waals surface area contributed by atoms with Crippen LogP contribution < -0.4 is 4.74 Å². The first-order valence-electron chi connectivity index (χ1n) is 6.65. The van der Waals surface area contributed by atoms with Gasteiger partial charge in [-0.15, -0.1) is 0 Å². The van der Waals surface area contributed by atoms with Crippen LogP contribution in [-0.2, 0) is 13.7 Å². The van der Waals surface area contributed by atoms with Crippen LogP contribution in [0.3, 0.4) is 0 Å². The first-order valence-corrected chi connectivity index (χ1v) is 6.65. The molecule has 0 saturated carbocycles. The van der Waals surface area contributed by atoms with Crippen molar-refractivity contribution in [3.63, 3.8) is 0 Å². The highest BCUT2D eigenvalue weighted by atomic mass is 16.5. The Morgan fingerprint density at radius 2 is 2.14 bits per heavy atom. The fourth-order valence-corrected chi connectivity index (χ4v) is 2.40. The maximum atomic E-state index is 11.2. The molecule has 0 aliphatic rings. The molecule has 0 amide bonds. The van der Waals surface area contributed by atoms with E-state index >= 15 is 0 Å². The summed E-state index contributed by atoms with van der Waals surface area (Å²) in [6.45, 7) is -0.172. The first kappa shape index (κ1) is 14.1. The third-order valence-electron chi connectivity index (χ3n) is 3.42. The van der Waals surface area contributed by atoms with Crippen molar-refractivity contribution >= 4 is 16.9 Å². The van der Waals surface area contributed by atoms with E-state index in [0.29, 0.717) is 22.7 Å². The van der Waals surface area contributed by atoms with Crippen LogP contribution in [0.1, 0.15) is 16.2 Å². The summed E-state index contributed by atoms with van der Waals surface area (Å²) in [5.74, 6) is 0.0864. The summed E-state index contributed by atoms with van der Waals surface area (Å²) in [7, 11) is 1.68. The highest BCUT2D eigenvalue weighted by Crippen LogP contribution is 2.31. The molecule has 1 aromatic carbocycles. The molecule has 2 N–H and O–H groups in total. The number of fused-ring (bicyclic) bond motifs is 1. The predicted molar refractivity (Wildman–Crippen MR) is 80.1 cm³/mol. The standard InChI is InChI=1S/C16H14N2O4/c1-18-13(16(20)21)7-10-3-2-4-14(15(10)18)22-12-5-6-17-11(8-12)9-19/h2-8,19H,9H2,1H3,(H,20,21). The topological polar surface area (TPSA) is 84.6 Å². The molecule has 6 heteroatoms. The van der Waals surface area contributed by atoms with Crippen LogP contribution in [0, 0.1) is 0 Å². The summed E-state index contributed by atoms with van der Waals surface area (Å²) >= 11 is 0. The number of pyridine rings is 1. The van der Waals surface area contributed by atoms with Gasteiger partial charge in [0.25, 0.3) is 0 Å². The molecule has 0 aliphatic carbocycles. The van der Waals surface area contributed by atoms with Gasteiger partial charge in [0, 0.05) is 24.7 Å². The molecule has 0 unspecified atom stereocenters. The zero-order valence-electron chi connectivity index (χ0n) is 11.9. The molecule has 22 heavy (non-hydrogen) atoms. The number of nitrogens with zero attached hydrogens (tertiary/aromatic N) is 2. The smallest absolute Gasteiger partial charge is 0.352 e. The van der Waals surface area contributed by atoms with Gasteiger partial charge in [-0.2, -0.15) is 0 Å². The fraction of sp³-hybridized carbons (Fsp3) is 0.125. The van der Waals surface area contributed by atoms with Gasteiger partial charge >= 0.3 is 5.97 Å². The van der Waals surface area contributed by atoms with E-state index < -0.39 is 5.97 Å². The molecule has 3 rings (SSSR count). The molecule has 2 aromatic heterocycles. The average Bonchev–Trinajstić information content (AvgIpc) is 2.86. The van der Waals surface area contributed by atoms with E-state index in [1.165, 1.54) is 0 Å². The van der Waals surface area contributed by atoms with Crippen LogP contribution in [0.2, 0.25) is 0 Å². The summed E-state index contributed by atoms with van der Waals surface area (Å²) in [4.78, 5) is 15.2. The first-order chi connectivity index (χ1) is 10.6. The van der Waals surface area contributed by atoms with Gasteiger partial charge in [0.05, 0.1) is 17.8 Å². The highest BCUT2D eigenvalue weighted by molar-refractivity contribution is 5.96. The van der Waals surface area contributed by atoms with Crippen LogP contribution >= 0.6 is 0 Å². The summed E-state index contributed by atoms with van der Waals surface area (Å²) in [5.41, 5.74) is 1.39. The Morgan fingerprint density at radius 3 is 2.86 bits per heavy atom. The van der Waals surface area contributed by atoms with Gasteiger partial charge in [0.1, 0.15) is 11.4 Å². The minimum atomic E-state index is -0.990. The number of hydrogen-bond acceptors (Lipinski definition) is 4. The number of carboxylic acids is 1. The van der Waals surface area contributed by atoms with Gasteiger partial charge in [-0.25, -0.2) is 4.79 Å². The largest absolute Gasteiger partial charge is 0.477 e. The number of rotatable bonds is 4. The number of aryl methyl sites for hydroxylation is 1. The number of carbonyl (C=O) groups is 1. The molecule has 0 atom stereocenters. The molecule has 0 aliphatic heterocycles. The Bertz CT molecular complexity index is 854. The van der Waals surface area contributed by atoms with Gasteiger partial charge in [0.15, 0.2) is 5.75 Å². The predicted octanol–water partition coefficient (Wildman–Crippen LogP) is 2.56. The minimum Gasteiger partial charge on any atom is -0.477 e. The van der Waals surface area contributed by atoms with E-state index in [-0.39, 0.29) is 12.3 Å². The Balaban J connectivity index is 2.08. The second-order valence-electron chi connectivity index (χ2n) is 4.83. The number of aromatic carboxylic acids is 1. The number of carboxylic acid groups (broad SMARTS) is 1. The molecule has 0 radical (unpaired) electrons. The molecule has 0 bridgehead atoms. The van der Waals surface area contributed by atoms with Crippen molar-refractivity contribution in [3.05, 3.63) is 54.0 Å². The molecule has 0 spiro atoms. The number of para-hydroxylation sites is 1. The average molecular weight is 298 g/mol. The number of aromatic nitrogens is 2. The lowest BCUT2D eigenvalue weighted by atomic mass is 10.2. The Hall–Kier alpha value is -2.86. The third kappa shape index (κ3) is 2.40. The maximum absolute atomic E-state index is 11.2. The SMILES string of the molecule is Cn1c(C(=O)O)cc2cccc(Oc3ccnc(CO)c3)c21. The summed E-state index contributed by atoms with van der Waals surface area (Å²) in [5, 5.41) is 19.1. The van der Waals surface area contributed by atoms with Gasteiger partial charge < -0.3 is 19.5 Å². The van der Waals surface area contributed by atoms with Gasteiger partial charge in [-0.1, -0.05) is 12.1 Å². The van der Waals surface area contributed by atoms with E-state index in [4.69, 9.17) is 9.84 Å². The number of ether oxygens (including phenoxy) is 1. The normalized spacial score (nSPS) is 10.8. The van der Waals surface area contributed by atoms with Crippen molar-refractivity contribution in [2.24, 2.45) is 7.05 Å². The lowest BCUT2D eigenvalue weighted by Crippen LogP contribution is -2.04. The van der Waals surface area contributed by atoms with Crippen LogP contribution in [0.15, 0.2) is 42.6 Å². The molecule has 112 valence electrons. The molecule has 6 nitrogen and oxygen atoms in total. The lowest BCUT2D eigenvalue weighted by molar-refractivity contribution is 0.0687. The monoisotopic (exact) mass is 298 g/mol. The van der Waals surface area contributed by atoms with E-state index in [9.17, 15) is 9.90 Å². The molecule has 0 fully saturated rings. The van der Waals surface area contributed by atoms with E-state index in [0.717, 1.165) is 5.39 Å². The third-order valence-corrected chi connectivity index (χ3v) is 3.42. The van der Waals surface area contributed by atoms with Crippen molar-refractivity contribution in [1.29, 1.82) is 0 Å². The number of aliphatic hydroxyl groups excluding tert-OH is 1. The van der Waals surface area contributed by atoms with E-state index in [1.807, 2.05) is 6.07 Å². The van der Waals surface area contributed by atoms with Crippen molar-refractivity contribution in [1.82, 2.24) is 9.55 Å². The van der Waals surface area contributed by atoms with Crippen molar-refractivity contribution in [2.75, 3.05) is 0 Å². The van der Waals surface area contributed by atoms with Crippen molar-refractivity contribution < 1.29 is 19.7 Å². The Kier molecular flexibility index (Phi) is 3.52. The number of benzene rings is 1. The molecular weight excluding hydrogens is 284 g/mol. The Morgan fingerprint density at radius 1 is 1.32 bits per heavy atom. The van der Waals surface area contributed by atoms with Crippen molar-refractivity contribution in [3.8, 4) is 11.5 Å². The summed E-state index contributed by atoms with van der Waals surface area (Å²) in [6.07, 6.45) is 1.55. The minimum absolute atomic E-state index is 0.172. The molecule has 0 saturated heterocycles. The van der Waals surface area contributed by atoms with Gasteiger partial charge in [-0.3, -0.25) is 4.98 Å². The van der Waals surface area contributed by atoms with E-state index in [1.54, 1.807) is 48.1 Å². The number of hydrogen-bond donors (Lipinski definition) is 2. The summed E-state index contributed by atoms with van der Waals surface area (Å²) in [6, 6.07) is 10.3. The maximum Gasteiger partial charge on any atom is 0.352 e. The zero-order valence-corrected chi connectivity index (χ0v) is 11.9. The van der Waals surface area contributed by atoms with Crippen LogP contribution in [-0.4, -0.2) is 25.7 Å². The number of aliphatic hydroxyl groups is 1. The van der Waals surface area contributed by atoms with Crippen LogP contribution in [0.25, 0.3) is 10.9 Å². The zero-order chi connectivity index (χ0) is 15.7. The second-order valence-corrected chi connectivity index (χ2v) is 4.83. The molecule has 2 heterocycles. The fourth-order valence-electron chi connectivity index (χ4n) is 2.40. The molecular formula is C16H14N2O4. The van der Waals surface area contributed by atoms with Gasteiger partial charge in [-0.05, 0) is 18.2 Å². The molecule has 3 aromatic rings. The second kappa shape index (κ2) is 5.50. The lowest BCUT2D eigenvalue weighted by Gasteiger charge is -2.09. The van der Waals surface area contributed by atoms with Crippen LogP contribution in [0.4, 0.5) is 0 Å². The van der Waals surface area contributed by atoms with Crippen LogP contribution in [0.5, 0.6) is 11.5 Å². The highest BCUT2D eigenvalue weighted by Gasteiger charge is 2.15. The quantitative estimate of drug-likeness (QED) is 0.773. The van der Waals surface area contributed by atoms with E-state index in [2.05, 4.69) is 4.98 Å². The Labute approximate surface area is 126 Å². The van der Waals surface area contributed by atoms with Crippen molar-refractivity contribution in [2.45, 2.75) is 6.61 Å². The van der Waals surface area contributed by atoms with Gasteiger partial charge in [0.2, 0.25) is 0 Å². The summed E-state index contributed by atoms with van der Waals surface area (Å²) < 4.78 is 7.43.